The molecule has 2 rings (SSSR count). The predicted molar refractivity (Wildman–Crippen MR) is 91.3 cm³/mol. The van der Waals surface area contributed by atoms with Crippen LogP contribution in [0.4, 0.5) is 26.3 Å². The van der Waals surface area contributed by atoms with Crippen LogP contribution in [0.2, 0.25) is 0 Å². The summed E-state index contributed by atoms with van der Waals surface area (Å²) in [5.74, 6) is 0. The molecule has 1 aromatic rings. The van der Waals surface area contributed by atoms with Crippen LogP contribution >= 0.6 is 10.3 Å². The second kappa shape index (κ2) is 7.32. The molecule has 0 N–H and O–H groups in total. The van der Waals surface area contributed by atoms with Gasteiger partial charge in [-0.15, -0.1) is 0 Å². The van der Waals surface area contributed by atoms with Crippen molar-refractivity contribution in [2.75, 3.05) is 0 Å². The molecule has 3 nitrogen and oxygen atoms in total. The van der Waals surface area contributed by atoms with Gasteiger partial charge in [0, 0.05) is 20.1 Å². The molecule has 0 aliphatic carbocycles. The molecule has 0 radical (unpaired) electrons. The molecule has 0 amide bonds. The van der Waals surface area contributed by atoms with Crippen molar-refractivity contribution >= 4 is 26.5 Å². The van der Waals surface area contributed by atoms with Crippen molar-refractivity contribution in [3.63, 3.8) is 0 Å². The van der Waals surface area contributed by atoms with E-state index in [-0.39, 0.29) is 18.4 Å². The molecule has 1 aliphatic rings. The lowest BCUT2D eigenvalue weighted by atomic mass is 10.1. The van der Waals surface area contributed by atoms with Crippen LogP contribution in [-0.2, 0) is 20.2 Å². The Morgan fingerprint density at radius 3 is 2.19 bits per heavy atom. The van der Waals surface area contributed by atoms with Gasteiger partial charge in [0.05, 0.1) is 0 Å². The molecule has 1 atom stereocenters. The van der Waals surface area contributed by atoms with Crippen LogP contribution in [0.1, 0.15) is 44.2 Å². The normalized spacial score (nSPS) is 22.9. The molecule has 1 heterocycles. The minimum atomic E-state index is -6.47. The zero-order valence-corrected chi connectivity index (χ0v) is 16.1. The van der Waals surface area contributed by atoms with E-state index in [1.54, 1.807) is 19.9 Å². The van der Waals surface area contributed by atoms with E-state index in [1.807, 2.05) is 0 Å². The number of hydrogen-bond acceptors (Lipinski definition) is 3. The van der Waals surface area contributed by atoms with Crippen LogP contribution in [0, 0.1) is 0 Å². The van der Waals surface area contributed by atoms with Gasteiger partial charge in [-0.05, 0) is 42.5 Å². The molecule has 0 bridgehead atoms. The van der Waals surface area contributed by atoms with Crippen LogP contribution in [0.25, 0.3) is 6.08 Å². The monoisotopic (exact) mass is 436 g/mol. The molecule has 0 saturated carbocycles. The zero-order valence-electron chi connectivity index (χ0n) is 14.4. The van der Waals surface area contributed by atoms with Gasteiger partial charge in [0.15, 0.2) is 0 Å². The van der Waals surface area contributed by atoms with Gasteiger partial charge < -0.3 is 0 Å². The minimum absolute atomic E-state index is 0.0306. The Hall–Kier alpha value is -1.20. The Morgan fingerprint density at radius 2 is 1.70 bits per heavy atom. The number of benzene rings is 1. The van der Waals surface area contributed by atoms with Crippen molar-refractivity contribution in [2.45, 2.75) is 55.4 Å². The third-order valence-electron chi connectivity index (χ3n) is 4.06. The standard InChI is InChI=1S/C16H18F6O3S2/c1-3-5-6-13-10-12-8-7-11(4-2)9-14(12)26(13,15(17,18)19)25-27(23,24)16(20,21)22/h7-10H,3-6H2,1-2H3. The number of halogens is 6. The van der Waals surface area contributed by atoms with E-state index >= 15 is 0 Å². The Labute approximate surface area is 155 Å². The molecule has 0 aromatic heterocycles. The van der Waals surface area contributed by atoms with E-state index < -0.39 is 41.2 Å². The molecular weight excluding hydrogens is 418 g/mol. The fourth-order valence-corrected chi connectivity index (χ4v) is 7.36. The first-order valence-corrected chi connectivity index (χ1v) is 11.0. The lowest BCUT2D eigenvalue weighted by Gasteiger charge is -2.39. The summed E-state index contributed by atoms with van der Waals surface area (Å²) in [5, 5.41) is 0. The summed E-state index contributed by atoms with van der Waals surface area (Å²) in [6.45, 7) is 3.37. The lowest BCUT2D eigenvalue weighted by molar-refractivity contribution is -0.0546. The summed E-state index contributed by atoms with van der Waals surface area (Å²) in [5.41, 5.74) is -10.8. The fourth-order valence-electron chi connectivity index (χ4n) is 2.70. The van der Waals surface area contributed by atoms with Gasteiger partial charge in [-0.25, -0.2) is 0 Å². The Morgan fingerprint density at radius 1 is 1.07 bits per heavy atom. The van der Waals surface area contributed by atoms with Gasteiger partial charge in [-0.3, -0.25) is 0 Å². The molecular formula is C16H18F6O3S2. The van der Waals surface area contributed by atoms with Crippen LogP contribution in [0.3, 0.4) is 0 Å². The summed E-state index contributed by atoms with van der Waals surface area (Å²) in [6, 6.07) is 4.00. The third kappa shape index (κ3) is 3.86. The Kier molecular flexibility index (Phi) is 5.99. The number of fused-ring (bicyclic) bond motifs is 1. The summed E-state index contributed by atoms with van der Waals surface area (Å²) < 4.78 is 108. The molecule has 0 saturated heterocycles. The second-order valence-electron chi connectivity index (χ2n) is 5.91. The number of allylic oxidation sites excluding steroid dienone is 1. The Balaban J connectivity index is 2.77. The second-order valence-corrected chi connectivity index (χ2v) is 10.4. The van der Waals surface area contributed by atoms with Crippen molar-refractivity contribution < 1.29 is 38.4 Å². The molecule has 154 valence electrons. The van der Waals surface area contributed by atoms with Crippen molar-refractivity contribution in [1.82, 2.24) is 0 Å². The van der Waals surface area contributed by atoms with Gasteiger partial charge in [-0.2, -0.15) is 38.4 Å². The van der Waals surface area contributed by atoms with E-state index in [2.05, 4.69) is 3.63 Å². The summed E-state index contributed by atoms with van der Waals surface area (Å²) in [6.07, 6.45) is 1.96. The van der Waals surface area contributed by atoms with Crippen molar-refractivity contribution in [3.05, 3.63) is 34.2 Å². The van der Waals surface area contributed by atoms with Gasteiger partial charge in [0.1, 0.15) is 0 Å². The molecule has 1 aromatic carbocycles. The van der Waals surface area contributed by atoms with Crippen LogP contribution in [-0.4, -0.2) is 19.4 Å². The largest absolute Gasteiger partial charge is 0.523 e. The molecule has 0 fully saturated rings. The first-order chi connectivity index (χ1) is 12.3. The SMILES string of the molecule is CCCCC1=Cc2ccc(CC)cc2S1(OS(=O)(=O)C(F)(F)F)C(F)(F)F. The van der Waals surface area contributed by atoms with Crippen LogP contribution in [0.5, 0.6) is 0 Å². The van der Waals surface area contributed by atoms with Crippen molar-refractivity contribution in [1.29, 1.82) is 0 Å². The van der Waals surface area contributed by atoms with Crippen LogP contribution in [0.15, 0.2) is 28.0 Å². The van der Waals surface area contributed by atoms with E-state index in [1.165, 1.54) is 6.07 Å². The number of rotatable bonds is 6. The molecule has 0 spiro atoms. The number of unbranched alkanes of at least 4 members (excludes halogenated alkanes) is 1. The first-order valence-electron chi connectivity index (χ1n) is 8.05. The fraction of sp³-hybridized carbons (Fsp3) is 0.500. The van der Waals surface area contributed by atoms with Gasteiger partial charge in [0.2, 0.25) is 0 Å². The van der Waals surface area contributed by atoms with Gasteiger partial charge in [-0.1, -0.05) is 32.4 Å². The highest BCUT2D eigenvalue weighted by molar-refractivity contribution is 8.37. The van der Waals surface area contributed by atoms with Gasteiger partial charge in [0.25, 0.3) is 0 Å². The zero-order chi connectivity index (χ0) is 20.7. The van der Waals surface area contributed by atoms with E-state index in [9.17, 15) is 34.8 Å². The maximum absolute atomic E-state index is 14.2. The smallest absolute Gasteiger partial charge is 0.196 e. The van der Waals surface area contributed by atoms with E-state index in [0.717, 1.165) is 12.1 Å². The number of hydrogen-bond donors (Lipinski definition) is 0. The third-order valence-corrected chi connectivity index (χ3v) is 8.84. The van der Waals surface area contributed by atoms with E-state index in [4.69, 9.17) is 0 Å². The highest BCUT2D eigenvalue weighted by Crippen LogP contribution is 2.78. The van der Waals surface area contributed by atoms with Gasteiger partial charge >= 0.3 is 21.1 Å². The Bertz CT molecular complexity index is 843. The average molecular weight is 436 g/mol. The molecule has 27 heavy (non-hydrogen) atoms. The highest BCUT2D eigenvalue weighted by Gasteiger charge is 2.63. The number of aryl methyl sites for hydroxylation is 1. The van der Waals surface area contributed by atoms with Crippen molar-refractivity contribution in [2.24, 2.45) is 0 Å². The summed E-state index contributed by atoms with van der Waals surface area (Å²) in [4.78, 5) is -1.01. The van der Waals surface area contributed by atoms with Crippen molar-refractivity contribution in [3.8, 4) is 0 Å². The maximum Gasteiger partial charge on any atom is 0.523 e. The molecule has 1 aliphatic heterocycles. The number of alkyl halides is 6. The first kappa shape index (κ1) is 22.1. The predicted octanol–water partition coefficient (Wildman–Crippen LogP) is 6.26. The topological polar surface area (TPSA) is 43.4 Å². The van der Waals surface area contributed by atoms with Crippen LogP contribution < -0.4 is 0 Å². The molecule has 11 heteroatoms. The molecule has 1 unspecified atom stereocenters. The van der Waals surface area contributed by atoms with E-state index in [0.29, 0.717) is 18.4 Å². The summed E-state index contributed by atoms with van der Waals surface area (Å²) >= 11 is 0. The average Bonchev–Trinajstić information content (AvgIpc) is 2.85. The minimum Gasteiger partial charge on any atom is -0.196 e. The summed E-state index contributed by atoms with van der Waals surface area (Å²) in [7, 11) is -11.3. The lowest BCUT2D eigenvalue weighted by Crippen LogP contribution is -2.32. The quantitative estimate of drug-likeness (QED) is 0.391. The maximum atomic E-state index is 14.2. The highest BCUT2D eigenvalue weighted by atomic mass is 32.3.